The van der Waals surface area contributed by atoms with E-state index in [0.29, 0.717) is 5.82 Å². The van der Waals surface area contributed by atoms with Crippen LogP contribution in [0.1, 0.15) is 63.8 Å². The molecule has 3 aromatic rings. The monoisotopic (exact) mass is 486 g/mol. The first-order valence-corrected chi connectivity index (χ1v) is 13.1. The highest BCUT2D eigenvalue weighted by molar-refractivity contribution is 7.13. The molecule has 33 heavy (non-hydrogen) atoms. The highest BCUT2D eigenvalue weighted by Gasteiger charge is 2.38. The minimum absolute atomic E-state index is 0.00403. The molecule has 1 saturated carbocycles. The topological polar surface area (TPSA) is 93.0 Å². The largest absolute Gasteiger partial charge is 0.349 e. The zero-order chi connectivity index (χ0) is 23.4. The standard InChI is InChI=1S/C23H30N6O2S2/c1-23(2,3)24-22(31)20(17-11-7-13-32-17)29(16-9-5-4-6-10-16)19(30)15-28-26-21(25-27-28)18-12-8-14-33-18/h7-8,11-14,16,20H,4-6,9-10,15H2,1-3H3,(H,24,31)/t20-/m1/s1. The summed E-state index contributed by atoms with van der Waals surface area (Å²) in [4.78, 5) is 32.1. The maximum absolute atomic E-state index is 13.7. The Hall–Kier alpha value is -2.59. The molecule has 1 aliphatic rings. The zero-order valence-corrected chi connectivity index (χ0v) is 20.9. The van der Waals surface area contributed by atoms with E-state index >= 15 is 0 Å². The molecule has 1 fully saturated rings. The molecule has 0 spiro atoms. The van der Waals surface area contributed by atoms with Crippen molar-refractivity contribution in [3.63, 3.8) is 0 Å². The number of amides is 2. The van der Waals surface area contributed by atoms with E-state index < -0.39 is 11.6 Å². The lowest BCUT2D eigenvalue weighted by Crippen LogP contribution is -2.53. The molecule has 0 saturated heterocycles. The average molecular weight is 487 g/mol. The second-order valence-corrected chi connectivity index (χ2v) is 11.3. The third-order valence-corrected chi connectivity index (χ3v) is 7.36. The Kier molecular flexibility index (Phi) is 7.23. The highest BCUT2D eigenvalue weighted by atomic mass is 32.1. The summed E-state index contributed by atoms with van der Waals surface area (Å²) in [7, 11) is 0. The van der Waals surface area contributed by atoms with Gasteiger partial charge in [0.25, 0.3) is 0 Å². The fourth-order valence-electron chi connectivity index (χ4n) is 4.21. The highest BCUT2D eigenvalue weighted by Crippen LogP contribution is 2.33. The number of hydrogen-bond donors (Lipinski definition) is 1. The Morgan fingerprint density at radius 2 is 1.88 bits per heavy atom. The van der Waals surface area contributed by atoms with Gasteiger partial charge in [0.15, 0.2) is 0 Å². The Morgan fingerprint density at radius 3 is 2.52 bits per heavy atom. The van der Waals surface area contributed by atoms with Gasteiger partial charge < -0.3 is 10.2 Å². The van der Waals surface area contributed by atoms with Gasteiger partial charge in [-0.2, -0.15) is 4.80 Å². The van der Waals surface area contributed by atoms with Crippen LogP contribution in [0.4, 0.5) is 0 Å². The smallest absolute Gasteiger partial charge is 0.248 e. The third-order valence-electron chi connectivity index (χ3n) is 5.56. The summed E-state index contributed by atoms with van der Waals surface area (Å²) < 4.78 is 0. The SMILES string of the molecule is CC(C)(C)NC(=O)[C@@H](c1cccs1)N(C(=O)Cn1nnc(-c2cccs2)n1)C1CCCCC1. The fourth-order valence-corrected chi connectivity index (χ4v) is 5.68. The molecule has 3 heterocycles. The first kappa shape index (κ1) is 23.6. The number of carbonyl (C=O) groups excluding carboxylic acids is 2. The van der Waals surface area contributed by atoms with Gasteiger partial charge in [-0.05, 0) is 61.7 Å². The summed E-state index contributed by atoms with van der Waals surface area (Å²) in [5.74, 6) is 0.177. The quantitative estimate of drug-likeness (QED) is 0.538. The minimum Gasteiger partial charge on any atom is -0.349 e. The summed E-state index contributed by atoms with van der Waals surface area (Å²) in [6, 6.07) is 7.03. The summed E-state index contributed by atoms with van der Waals surface area (Å²) in [5.41, 5.74) is -0.406. The van der Waals surface area contributed by atoms with Gasteiger partial charge in [-0.25, -0.2) is 0 Å². The van der Waals surface area contributed by atoms with Crippen molar-refractivity contribution >= 4 is 34.5 Å². The van der Waals surface area contributed by atoms with Gasteiger partial charge in [0.1, 0.15) is 12.6 Å². The lowest BCUT2D eigenvalue weighted by Gasteiger charge is -2.40. The van der Waals surface area contributed by atoms with Crippen molar-refractivity contribution in [1.29, 1.82) is 0 Å². The van der Waals surface area contributed by atoms with E-state index in [2.05, 4.69) is 20.7 Å². The molecular weight excluding hydrogens is 456 g/mol. The molecule has 3 aromatic heterocycles. The molecule has 1 atom stereocenters. The fraction of sp³-hybridized carbons (Fsp3) is 0.522. The van der Waals surface area contributed by atoms with Crippen molar-refractivity contribution in [1.82, 2.24) is 30.4 Å². The lowest BCUT2D eigenvalue weighted by atomic mass is 9.92. The van der Waals surface area contributed by atoms with Gasteiger partial charge in [0.2, 0.25) is 17.6 Å². The van der Waals surface area contributed by atoms with Crippen molar-refractivity contribution in [3.05, 3.63) is 39.9 Å². The normalized spacial score (nSPS) is 15.8. The molecule has 1 N–H and O–H groups in total. The second-order valence-electron chi connectivity index (χ2n) is 9.37. The van der Waals surface area contributed by atoms with Crippen molar-refractivity contribution < 1.29 is 9.59 Å². The molecule has 0 bridgehead atoms. The molecule has 0 unspecified atom stereocenters. The van der Waals surface area contributed by atoms with E-state index in [1.54, 1.807) is 4.90 Å². The van der Waals surface area contributed by atoms with Crippen molar-refractivity contribution in [2.75, 3.05) is 0 Å². The van der Waals surface area contributed by atoms with Crippen LogP contribution in [0.5, 0.6) is 0 Å². The van der Waals surface area contributed by atoms with Crippen LogP contribution in [0.25, 0.3) is 10.7 Å². The Bertz CT molecular complexity index is 1050. The first-order valence-electron chi connectivity index (χ1n) is 11.3. The van der Waals surface area contributed by atoms with E-state index in [1.165, 1.54) is 27.5 Å². The second kappa shape index (κ2) is 10.1. The maximum atomic E-state index is 13.7. The van der Waals surface area contributed by atoms with Gasteiger partial charge in [-0.3, -0.25) is 9.59 Å². The average Bonchev–Trinajstić information content (AvgIpc) is 3.53. The van der Waals surface area contributed by atoms with Crippen LogP contribution in [0.3, 0.4) is 0 Å². The third kappa shape index (κ3) is 5.86. The summed E-state index contributed by atoms with van der Waals surface area (Å²) in [5, 5.41) is 19.6. The molecule has 176 valence electrons. The predicted octanol–water partition coefficient (Wildman–Crippen LogP) is 4.28. The number of tetrazole rings is 1. The van der Waals surface area contributed by atoms with Crippen LogP contribution in [-0.2, 0) is 16.1 Å². The van der Waals surface area contributed by atoms with Crippen LogP contribution in [0, 0.1) is 0 Å². The number of hydrogen-bond acceptors (Lipinski definition) is 7. The van der Waals surface area contributed by atoms with E-state index in [1.807, 2.05) is 55.8 Å². The van der Waals surface area contributed by atoms with Gasteiger partial charge in [0.05, 0.1) is 4.88 Å². The molecule has 10 heteroatoms. The van der Waals surface area contributed by atoms with E-state index in [0.717, 1.165) is 41.9 Å². The van der Waals surface area contributed by atoms with Gasteiger partial charge in [-0.15, -0.1) is 32.9 Å². The molecule has 2 amide bonds. The van der Waals surface area contributed by atoms with Crippen molar-refractivity contribution in [3.8, 4) is 10.7 Å². The molecule has 0 aliphatic heterocycles. The number of thiophene rings is 2. The Labute approximate surface area is 202 Å². The first-order chi connectivity index (χ1) is 15.8. The minimum atomic E-state index is -0.680. The number of nitrogens with zero attached hydrogens (tertiary/aromatic N) is 5. The lowest BCUT2D eigenvalue weighted by molar-refractivity contribution is -0.145. The molecule has 8 nitrogen and oxygen atoms in total. The molecule has 0 radical (unpaired) electrons. The number of carbonyl (C=O) groups is 2. The number of nitrogens with one attached hydrogen (secondary N) is 1. The number of rotatable bonds is 7. The summed E-state index contributed by atoms with van der Waals surface area (Å²) >= 11 is 3.02. The predicted molar refractivity (Wildman–Crippen MR) is 130 cm³/mol. The molecule has 1 aliphatic carbocycles. The summed E-state index contributed by atoms with van der Waals surface area (Å²) in [6.07, 6.45) is 5.04. The number of aromatic nitrogens is 4. The summed E-state index contributed by atoms with van der Waals surface area (Å²) in [6.45, 7) is 5.80. The Morgan fingerprint density at radius 1 is 1.15 bits per heavy atom. The van der Waals surface area contributed by atoms with Gasteiger partial charge in [0, 0.05) is 16.5 Å². The van der Waals surface area contributed by atoms with E-state index in [9.17, 15) is 9.59 Å². The molecular formula is C23H30N6O2S2. The van der Waals surface area contributed by atoms with Crippen molar-refractivity contribution in [2.45, 2.75) is 77.0 Å². The van der Waals surface area contributed by atoms with Gasteiger partial charge >= 0.3 is 0 Å². The molecule has 4 rings (SSSR count). The van der Waals surface area contributed by atoms with E-state index in [-0.39, 0.29) is 24.4 Å². The van der Waals surface area contributed by atoms with Crippen LogP contribution in [-0.4, -0.2) is 48.5 Å². The zero-order valence-electron chi connectivity index (χ0n) is 19.2. The van der Waals surface area contributed by atoms with E-state index in [4.69, 9.17) is 0 Å². The van der Waals surface area contributed by atoms with Crippen LogP contribution < -0.4 is 5.32 Å². The van der Waals surface area contributed by atoms with Crippen LogP contribution in [0.15, 0.2) is 35.0 Å². The van der Waals surface area contributed by atoms with Crippen LogP contribution in [0.2, 0.25) is 0 Å². The maximum Gasteiger partial charge on any atom is 0.248 e. The van der Waals surface area contributed by atoms with Crippen LogP contribution >= 0.6 is 22.7 Å². The molecule has 0 aromatic carbocycles. The van der Waals surface area contributed by atoms with Gasteiger partial charge in [-0.1, -0.05) is 31.4 Å². The Balaban J connectivity index is 1.64. The van der Waals surface area contributed by atoms with Crippen molar-refractivity contribution in [2.24, 2.45) is 0 Å².